The van der Waals surface area contributed by atoms with Crippen LogP contribution in [0.5, 0.6) is 5.75 Å². The summed E-state index contributed by atoms with van der Waals surface area (Å²) in [7, 11) is 0. The van der Waals surface area contributed by atoms with Gasteiger partial charge in [-0.25, -0.2) is 0 Å². The Balaban J connectivity index is 1.45. The molecule has 2 aromatic carbocycles. The number of piperidine rings is 1. The number of carbonyl (C=O) groups excluding carboxylic acids is 1. The summed E-state index contributed by atoms with van der Waals surface area (Å²) >= 11 is 0. The monoisotopic (exact) mass is 496 g/mol. The molecular weight excluding hydrogens is 464 g/mol. The highest BCUT2D eigenvalue weighted by atomic mass is 16.5. The molecule has 2 saturated heterocycles. The van der Waals surface area contributed by atoms with E-state index in [1.165, 1.54) is 0 Å². The minimum absolute atomic E-state index is 0.0619. The Morgan fingerprint density at radius 3 is 2.39 bits per heavy atom. The van der Waals surface area contributed by atoms with Crippen LogP contribution in [0.2, 0.25) is 0 Å². The van der Waals surface area contributed by atoms with Crippen LogP contribution in [0.3, 0.4) is 0 Å². The first-order valence-corrected chi connectivity index (χ1v) is 12.1. The Morgan fingerprint density at radius 1 is 1.08 bits per heavy atom. The minimum atomic E-state index is -1.47. The number of aliphatic hydroxyl groups excluding tert-OH is 4. The van der Waals surface area contributed by atoms with Gasteiger partial charge in [0.2, 0.25) is 5.91 Å². The third-order valence-electron chi connectivity index (χ3n) is 6.98. The molecule has 2 aromatic rings. The summed E-state index contributed by atoms with van der Waals surface area (Å²) in [5.41, 5.74) is 2.69. The second-order valence-corrected chi connectivity index (χ2v) is 9.42. The molecule has 36 heavy (non-hydrogen) atoms. The van der Waals surface area contributed by atoms with E-state index >= 15 is 0 Å². The molecule has 0 bridgehead atoms. The van der Waals surface area contributed by atoms with Crippen molar-refractivity contribution in [3.8, 4) is 11.8 Å². The quantitative estimate of drug-likeness (QED) is 0.465. The Kier molecular flexibility index (Phi) is 8.24. The Morgan fingerprint density at radius 2 is 1.78 bits per heavy atom. The number of hydrogen-bond donors (Lipinski definition) is 4. The van der Waals surface area contributed by atoms with Gasteiger partial charge < -0.3 is 34.8 Å². The molecule has 4 N–H and O–H groups in total. The van der Waals surface area contributed by atoms with Crippen LogP contribution in [0.4, 0.5) is 0 Å². The van der Waals surface area contributed by atoms with Crippen LogP contribution in [0, 0.1) is 11.3 Å². The lowest BCUT2D eigenvalue weighted by Gasteiger charge is -2.40. The standard InChI is InChI=1S/C27H32N2O7/c1-16(31)29-10-8-22(9-11-29)35-21-6-2-17(3-7-21)12-20-13-18(4-5-19(20)14-28)27-26(34)25(33)24(32)23(15-30)36-27/h2-7,13,22-27,30,32-34H,8-12,15H2,1H3/t23-,24-,25+,26-,27+/m1/s1. The zero-order chi connectivity index (χ0) is 25.8. The van der Waals surface area contributed by atoms with Crippen LogP contribution in [0.25, 0.3) is 0 Å². The van der Waals surface area contributed by atoms with Crippen molar-refractivity contribution >= 4 is 5.91 Å². The summed E-state index contributed by atoms with van der Waals surface area (Å²) in [4.78, 5) is 13.3. The van der Waals surface area contributed by atoms with Gasteiger partial charge in [-0.3, -0.25) is 4.79 Å². The second-order valence-electron chi connectivity index (χ2n) is 9.42. The van der Waals surface area contributed by atoms with E-state index < -0.39 is 37.1 Å². The van der Waals surface area contributed by atoms with Crippen molar-refractivity contribution < 1.29 is 34.7 Å². The molecule has 0 aromatic heterocycles. The van der Waals surface area contributed by atoms with Gasteiger partial charge in [-0.1, -0.05) is 24.3 Å². The molecule has 192 valence electrons. The number of benzene rings is 2. The minimum Gasteiger partial charge on any atom is -0.490 e. The molecule has 2 aliphatic rings. The average molecular weight is 497 g/mol. The maximum atomic E-state index is 11.5. The predicted octanol–water partition coefficient (Wildman–Crippen LogP) is 1.05. The number of carbonyl (C=O) groups is 1. The summed E-state index contributed by atoms with van der Waals surface area (Å²) in [5, 5.41) is 49.7. The molecule has 5 atom stereocenters. The fraction of sp³-hybridized carbons (Fsp3) is 0.481. The third-order valence-corrected chi connectivity index (χ3v) is 6.98. The van der Waals surface area contributed by atoms with Crippen molar-refractivity contribution in [2.45, 2.75) is 62.8 Å². The number of rotatable bonds is 6. The van der Waals surface area contributed by atoms with Crippen molar-refractivity contribution in [3.63, 3.8) is 0 Å². The fourth-order valence-corrected chi connectivity index (χ4v) is 4.81. The first-order valence-electron chi connectivity index (χ1n) is 12.1. The summed E-state index contributed by atoms with van der Waals surface area (Å²) < 4.78 is 11.8. The van der Waals surface area contributed by atoms with Gasteiger partial charge in [-0.2, -0.15) is 5.26 Å². The molecule has 0 aliphatic carbocycles. The van der Waals surface area contributed by atoms with Crippen LogP contribution in [0.1, 0.15) is 48.1 Å². The van der Waals surface area contributed by atoms with Gasteiger partial charge in [0.25, 0.3) is 0 Å². The Bertz CT molecular complexity index is 1090. The van der Waals surface area contributed by atoms with Gasteiger partial charge in [0.05, 0.1) is 18.2 Å². The fourth-order valence-electron chi connectivity index (χ4n) is 4.81. The maximum absolute atomic E-state index is 11.5. The molecule has 9 nitrogen and oxygen atoms in total. The van der Waals surface area contributed by atoms with Crippen molar-refractivity contribution in [2.24, 2.45) is 0 Å². The Hall–Kier alpha value is -3.00. The van der Waals surface area contributed by atoms with Crippen LogP contribution in [-0.4, -0.2) is 81.4 Å². The highest BCUT2D eigenvalue weighted by Crippen LogP contribution is 2.33. The van der Waals surface area contributed by atoms with E-state index in [1.54, 1.807) is 25.1 Å². The zero-order valence-electron chi connectivity index (χ0n) is 20.2. The van der Waals surface area contributed by atoms with Gasteiger partial charge in [0, 0.05) is 32.9 Å². The number of amides is 1. The third kappa shape index (κ3) is 5.69. The number of nitriles is 1. The molecule has 4 rings (SSSR count). The molecule has 0 unspecified atom stereocenters. The smallest absolute Gasteiger partial charge is 0.219 e. The molecule has 0 saturated carbocycles. The van der Waals surface area contributed by atoms with E-state index in [1.807, 2.05) is 29.2 Å². The van der Waals surface area contributed by atoms with Gasteiger partial charge in [0.1, 0.15) is 42.4 Å². The first-order chi connectivity index (χ1) is 17.3. The number of aliphatic hydroxyl groups is 4. The van der Waals surface area contributed by atoms with Gasteiger partial charge in [-0.05, 0) is 41.3 Å². The number of nitrogens with zero attached hydrogens (tertiary/aromatic N) is 2. The van der Waals surface area contributed by atoms with Crippen molar-refractivity contribution in [3.05, 3.63) is 64.7 Å². The van der Waals surface area contributed by atoms with Crippen molar-refractivity contribution in [2.75, 3.05) is 19.7 Å². The highest BCUT2D eigenvalue weighted by molar-refractivity contribution is 5.73. The lowest BCUT2D eigenvalue weighted by Crippen LogP contribution is -2.55. The molecule has 2 fully saturated rings. The van der Waals surface area contributed by atoms with Crippen LogP contribution >= 0.6 is 0 Å². The normalized spacial score (nSPS) is 26.9. The zero-order valence-corrected chi connectivity index (χ0v) is 20.2. The summed E-state index contributed by atoms with van der Waals surface area (Å²) in [5.74, 6) is 0.834. The first kappa shape index (κ1) is 26.1. The van der Waals surface area contributed by atoms with Crippen LogP contribution in [0.15, 0.2) is 42.5 Å². The molecular formula is C27H32N2O7. The number of ether oxygens (including phenoxy) is 2. The van der Waals surface area contributed by atoms with E-state index in [-0.39, 0.29) is 12.0 Å². The average Bonchev–Trinajstić information content (AvgIpc) is 2.89. The molecule has 2 aliphatic heterocycles. The molecule has 2 heterocycles. The summed E-state index contributed by atoms with van der Waals surface area (Å²) in [6.45, 7) is 2.46. The van der Waals surface area contributed by atoms with E-state index in [0.29, 0.717) is 30.6 Å². The number of likely N-dealkylation sites (tertiary alicyclic amines) is 1. The molecule has 9 heteroatoms. The largest absolute Gasteiger partial charge is 0.490 e. The lowest BCUT2D eigenvalue weighted by atomic mass is 9.89. The van der Waals surface area contributed by atoms with E-state index in [4.69, 9.17) is 9.47 Å². The predicted molar refractivity (Wildman–Crippen MR) is 129 cm³/mol. The maximum Gasteiger partial charge on any atom is 0.219 e. The summed E-state index contributed by atoms with van der Waals surface area (Å²) in [6.07, 6.45) is -4.16. The topological polar surface area (TPSA) is 143 Å². The SMILES string of the molecule is CC(=O)N1CCC(Oc2ccc(Cc3cc([C@@H]4O[C@H](CO)[C@@H](O)[C@H](O)[C@H]4O)ccc3C#N)cc2)CC1. The molecule has 0 radical (unpaired) electrons. The van der Waals surface area contributed by atoms with E-state index in [9.17, 15) is 30.5 Å². The van der Waals surface area contributed by atoms with E-state index in [2.05, 4.69) is 6.07 Å². The molecule has 1 amide bonds. The van der Waals surface area contributed by atoms with Gasteiger partial charge in [0.15, 0.2) is 0 Å². The van der Waals surface area contributed by atoms with Crippen LogP contribution in [-0.2, 0) is 16.0 Å². The summed E-state index contributed by atoms with van der Waals surface area (Å²) in [6, 6.07) is 14.9. The second kappa shape index (κ2) is 11.4. The van der Waals surface area contributed by atoms with Crippen LogP contribution < -0.4 is 4.74 Å². The highest BCUT2D eigenvalue weighted by Gasteiger charge is 2.44. The molecule has 0 spiro atoms. The van der Waals surface area contributed by atoms with Gasteiger partial charge in [-0.15, -0.1) is 0 Å². The van der Waals surface area contributed by atoms with Crippen molar-refractivity contribution in [1.29, 1.82) is 5.26 Å². The van der Waals surface area contributed by atoms with Gasteiger partial charge >= 0.3 is 0 Å². The number of hydrogen-bond acceptors (Lipinski definition) is 8. The lowest BCUT2D eigenvalue weighted by molar-refractivity contribution is -0.231. The van der Waals surface area contributed by atoms with E-state index in [0.717, 1.165) is 29.7 Å². The Labute approximate surface area is 210 Å². The van der Waals surface area contributed by atoms with Crippen molar-refractivity contribution in [1.82, 2.24) is 4.90 Å².